The number of hydrogen-bond donors (Lipinski definition) is 2. The van der Waals surface area contributed by atoms with Gasteiger partial charge in [-0.1, -0.05) is 24.3 Å². The highest BCUT2D eigenvalue weighted by molar-refractivity contribution is 6.19. The van der Waals surface area contributed by atoms with Crippen LogP contribution in [0.25, 0.3) is 32.8 Å². The number of nitrogens with zero attached hydrogens (tertiary/aromatic N) is 3. The molecule has 9 heteroatoms. The molecule has 0 atom stereocenters. The van der Waals surface area contributed by atoms with Crippen molar-refractivity contribution in [3.05, 3.63) is 47.5 Å². The minimum atomic E-state index is -0.585. The molecular weight excluding hydrogens is 424 g/mol. The summed E-state index contributed by atoms with van der Waals surface area (Å²) in [4.78, 5) is 36.7. The van der Waals surface area contributed by atoms with Gasteiger partial charge < -0.3 is 24.8 Å². The Morgan fingerprint density at radius 2 is 1.70 bits per heavy atom. The number of benzene rings is 3. The molecule has 1 amide bonds. The van der Waals surface area contributed by atoms with E-state index in [0.717, 1.165) is 0 Å². The summed E-state index contributed by atoms with van der Waals surface area (Å²) in [6.07, 6.45) is 0. The van der Waals surface area contributed by atoms with Crippen LogP contribution < -0.4 is 10.1 Å². The maximum Gasteiger partial charge on any atom is 0.341 e. The topological polar surface area (TPSA) is 114 Å². The summed E-state index contributed by atoms with van der Waals surface area (Å²) in [6.45, 7) is 1.03. The van der Waals surface area contributed by atoms with Crippen LogP contribution in [0.2, 0.25) is 0 Å². The van der Waals surface area contributed by atoms with Crippen LogP contribution in [0.15, 0.2) is 36.4 Å². The Labute approximate surface area is 189 Å². The van der Waals surface area contributed by atoms with Crippen molar-refractivity contribution in [1.29, 1.82) is 0 Å². The molecule has 1 heterocycles. The number of hydrogen-bond acceptors (Lipinski definition) is 8. The monoisotopic (exact) mass is 448 g/mol. The Morgan fingerprint density at radius 3 is 2.36 bits per heavy atom. The maximum absolute atomic E-state index is 13.1. The number of phenolic OH excluding ortho intramolecular Hbond substituents is 1. The molecule has 0 aliphatic carbocycles. The van der Waals surface area contributed by atoms with E-state index in [1.165, 1.54) is 20.3 Å². The molecule has 0 saturated heterocycles. The van der Waals surface area contributed by atoms with Crippen molar-refractivity contribution in [2.45, 2.75) is 0 Å². The lowest BCUT2D eigenvalue weighted by molar-refractivity contribution is 0.0597. The summed E-state index contributed by atoms with van der Waals surface area (Å²) in [5, 5.41) is 15.0. The van der Waals surface area contributed by atoms with Gasteiger partial charge in [0.2, 0.25) is 0 Å². The molecule has 0 radical (unpaired) electrons. The molecule has 0 aliphatic heterocycles. The fraction of sp³-hybridized carbons (Fsp3) is 0.250. The van der Waals surface area contributed by atoms with Crippen LogP contribution in [0.3, 0.4) is 0 Å². The fourth-order valence-corrected chi connectivity index (χ4v) is 3.72. The number of carbonyl (C=O) groups is 2. The van der Waals surface area contributed by atoms with E-state index < -0.39 is 11.9 Å². The number of aromatic nitrogens is 2. The lowest BCUT2D eigenvalue weighted by atomic mass is 10.0. The van der Waals surface area contributed by atoms with Crippen LogP contribution in [-0.2, 0) is 4.74 Å². The average Bonchev–Trinajstić information content (AvgIpc) is 2.81. The fourth-order valence-electron chi connectivity index (χ4n) is 3.72. The summed E-state index contributed by atoms with van der Waals surface area (Å²) >= 11 is 0. The zero-order valence-electron chi connectivity index (χ0n) is 18.8. The van der Waals surface area contributed by atoms with Gasteiger partial charge in [0.15, 0.2) is 0 Å². The molecule has 2 N–H and O–H groups in total. The van der Waals surface area contributed by atoms with Crippen molar-refractivity contribution in [1.82, 2.24) is 20.2 Å². The number of likely N-dealkylation sites (N-methyl/N-ethyl adjacent to an activating group) is 1. The SMILES string of the molecule is COC(=O)c1cc2nc3c(C(=O)NCCN(C)C)c(O)c4ccccc4c3nc2cc1OC. The average molecular weight is 448 g/mol. The second-order valence-corrected chi connectivity index (χ2v) is 7.78. The van der Waals surface area contributed by atoms with Crippen LogP contribution in [0.1, 0.15) is 20.7 Å². The second-order valence-electron chi connectivity index (χ2n) is 7.78. The first-order chi connectivity index (χ1) is 15.8. The van der Waals surface area contributed by atoms with E-state index in [1.54, 1.807) is 18.2 Å². The first-order valence-corrected chi connectivity index (χ1v) is 10.3. The van der Waals surface area contributed by atoms with E-state index in [2.05, 4.69) is 10.3 Å². The van der Waals surface area contributed by atoms with E-state index >= 15 is 0 Å². The molecule has 0 spiro atoms. The predicted molar refractivity (Wildman–Crippen MR) is 125 cm³/mol. The third-order valence-corrected chi connectivity index (χ3v) is 5.37. The molecule has 3 aromatic carbocycles. The minimum Gasteiger partial charge on any atom is -0.506 e. The summed E-state index contributed by atoms with van der Waals surface area (Å²) < 4.78 is 10.2. The molecule has 1 aromatic heterocycles. The number of nitrogens with one attached hydrogen (secondary N) is 1. The lowest BCUT2D eigenvalue weighted by Gasteiger charge is -2.15. The first-order valence-electron chi connectivity index (χ1n) is 10.3. The van der Waals surface area contributed by atoms with E-state index in [9.17, 15) is 14.7 Å². The number of fused-ring (bicyclic) bond motifs is 4. The standard InChI is InChI=1S/C24H24N4O5/c1-28(2)10-9-25-23(30)19-21-20(13-7-5-6-8-14(13)22(19)29)26-17-12-18(32-3)15(24(31)33-4)11-16(17)27-21/h5-8,11-12,29H,9-10H2,1-4H3,(H,25,30). The maximum atomic E-state index is 13.1. The van der Waals surface area contributed by atoms with Crippen molar-refractivity contribution < 1.29 is 24.2 Å². The third kappa shape index (κ3) is 3.98. The number of amides is 1. The molecule has 0 aliphatic rings. The van der Waals surface area contributed by atoms with Crippen LogP contribution in [-0.4, -0.2) is 73.3 Å². The summed E-state index contributed by atoms with van der Waals surface area (Å²) in [6, 6.07) is 10.3. The number of esters is 1. The van der Waals surface area contributed by atoms with Crippen molar-refractivity contribution in [3.8, 4) is 11.5 Å². The first kappa shape index (κ1) is 22.2. The molecule has 0 unspecified atom stereocenters. The Bertz CT molecular complexity index is 1400. The summed E-state index contributed by atoms with van der Waals surface area (Å²) in [5.74, 6) is -0.914. The van der Waals surface area contributed by atoms with Gasteiger partial charge in [0.05, 0.1) is 30.8 Å². The summed E-state index contributed by atoms with van der Waals surface area (Å²) in [5.41, 5.74) is 1.75. The van der Waals surface area contributed by atoms with E-state index in [1.807, 2.05) is 31.1 Å². The number of aromatic hydroxyl groups is 1. The molecule has 4 rings (SSSR count). The number of rotatable bonds is 6. The van der Waals surface area contributed by atoms with Gasteiger partial charge in [0.1, 0.15) is 28.1 Å². The summed E-state index contributed by atoms with van der Waals surface area (Å²) in [7, 11) is 6.53. The molecule has 0 saturated carbocycles. The third-order valence-electron chi connectivity index (χ3n) is 5.37. The Balaban J connectivity index is 2.02. The number of ether oxygens (including phenoxy) is 2. The van der Waals surface area contributed by atoms with Crippen LogP contribution in [0.5, 0.6) is 11.5 Å². The lowest BCUT2D eigenvalue weighted by Crippen LogP contribution is -2.31. The van der Waals surface area contributed by atoms with E-state index in [0.29, 0.717) is 46.2 Å². The highest BCUT2D eigenvalue weighted by Gasteiger charge is 2.23. The predicted octanol–water partition coefficient (Wildman–Crippen LogP) is 2.73. The number of phenols is 1. The van der Waals surface area contributed by atoms with Gasteiger partial charge in [-0.2, -0.15) is 0 Å². The van der Waals surface area contributed by atoms with Crippen molar-refractivity contribution in [2.75, 3.05) is 41.4 Å². The largest absolute Gasteiger partial charge is 0.506 e. The molecule has 0 fully saturated rings. The normalized spacial score (nSPS) is 11.3. The molecule has 4 aromatic rings. The van der Waals surface area contributed by atoms with Crippen molar-refractivity contribution in [2.24, 2.45) is 0 Å². The van der Waals surface area contributed by atoms with Gasteiger partial charge in [-0.3, -0.25) is 4.79 Å². The molecular formula is C24H24N4O5. The zero-order valence-corrected chi connectivity index (χ0v) is 18.8. The van der Waals surface area contributed by atoms with Gasteiger partial charge in [0, 0.05) is 29.9 Å². The van der Waals surface area contributed by atoms with Gasteiger partial charge >= 0.3 is 5.97 Å². The van der Waals surface area contributed by atoms with Gasteiger partial charge in [-0.15, -0.1) is 0 Å². The van der Waals surface area contributed by atoms with Crippen molar-refractivity contribution >= 4 is 44.7 Å². The Hall–Kier alpha value is -3.98. The van der Waals surface area contributed by atoms with E-state index in [-0.39, 0.29) is 22.4 Å². The smallest absolute Gasteiger partial charge is 0.341 e. The minimum absolute atomic E-state index is 0.0345. The number of methoxy groups -OCH3 is 2. The highest BCUT2D eigenvalue weighted by Crippen LogP contribution is 2.37. The van der Waals surface area contributed by atoms with Gasteiger partial charge in [0.25, 0.3) is 5.91 Å². The Morgan fingerprint density at radius 1 is 1.03 bits per heavy atom. The molecule has 9 nitrogen and oxygen atoms in total. The molecule has 33 heavy (non-hydrogen) atoms. The van der Waals surface area contributed by atoms with Crippen molar-refractivity contribution in [3.63, 3.8) is 0 Å². The van der Waals surface area contributed by atoms with Crippen LogP contribution in [0.4, 0.5) is 0 Å². The van der Waals surface area contributed by atoms with E-state index in [4.69, 9.17) is 14.5 Å². The zero-order chi connectivity index (χ0) is 23.7. The van der Waals surface area contributed by atoms with Crippen LogP contribution >= 0.6 is 0 Å². The second kappa shape index (κ2) is 8.87. The Kier molecular flexibility index (Phi) is 5.97. The molecule has 0 bridgehead atoms. The van der Waals surface area contributed by atoms with Gasteiger partial charge in [-0.25, -0.2) is 14.8 Å². The van der Waals surface area contributed by atoms with Crippen LogP contribution in [0, 0.1) is 0 Å². The van der Waals surface area contributed by atoms with Gasteiger partial charge in [-0.05, 0) is 20.2 Å². The quantitative estimate of drug-likeness (QED) is 0.263. The highest BCUT2D eigenvalue weighted by atomic mass is 16.5. The number of carbonyl (C=O) groups excluding carboxylic acids is 2. The molecule has 170 valence electrons.